The van der Waals surface area contributed by atoms with E-state index < -0.39 is 6.10 Å². The van der Waals surface area contributed by atoms with Crippen LogP contribution in [0.3, 0.4) is 0 Å². The lowest BCUT2D eigenvalue weighted by molar-refractivity contribution is 0.0252. The molecule has 5 rings (SSSR count). The van der Waals surface area contributed by atoms with Crippen LogP contribution in [0.2, 0.25) is 0 Å². The molecule has 2 aromatic rings. The molecule has 0 radical (unpaired) electrons. The Kier molecular flexibility index (Phi) is 2.58. The van der Waals surface area contributed by atoms with Gasteiger partial charge >= 0.3 is 5.97 Å². The molecule has 3 heteroatoms. The number of cyclic esters (lactones) is 1. The standard InChI is InChI=1S/C20H16O3/c21-18-16(19-14-5-1-2-6-15(14)20(22)23-19)10-12-9-8-11-4-3-7-13(11)17(12)18/h1-2,5-6,8-9,16,19H,3-4,7,10H2/t16-,19+/m0/s1. The normalized spacial score (nSPS) is 24.3. The van der Waals surface area contributed by atoms with E-state index in [4.69, 9.17) is 4.74 Å². The number of carbonyl (C=O) groups excluding carboxylic acids is 2. The summed E-state index contributed by atoms with van der Waals surface area (Å²) in [6.45, 7) is 0. The van der Waals surface area contributed by atoms with E-state index in [-0.39, 0.29) is 17.7 Å². The van der Waals surface area contributed by atoms with Crippen molar-refractivity contribution in [3.63, 3.8) is 0 Å². The summed E-state index contributed by atoms with van der Waals surface area (Å²) in [5.41, 5.74) is 6.08. The van der Waals surface area contributed by atoms with Crippen molar-refractivity contribution in [2.45, 2.75) is 31.8 Å². The summed E-state index contributed by atoms with van der Waals surface area (Å²) in [6, 6.07) is 11.7. The number of ketones is 1. The SMILES string of the molecule is O=C1O[C@@H]([C@H]2Cc3ccc4c(c3C2=O)CCC4)c2ccccc21. The van der Waals surface area contributed by atoms with Gasteiger partial charge in [0.05, 0.1) is 11.5 Å². The number of hydrogen-bond donors (Lipinski definition) is 0. The van der Waals surface area contributed by atoms with Gasteiger partial charge in [-0.1, -0.05) is 30.3 Å². The van der Waals surface area contributed by atoms with Crippen molar-refractivity contribution in [2.24, 2.45) is 5.92 Å². The summed E-state index contributed by atoms with van der Waals surface area (Å²) in [7, 11) is 0. The first-order valence-corrected chi connectivity index (χ1v) is 8.22. The van der Waals surface area contributed by atoms with Crippen molar-refractivity contribution < 1.29 is 14.3 Å². The van der Waals surface area contributed by atoms with Crippen LogP contribution in [0, 0.1) is 5.92 Å². The Morgan fingerprint density at radius 1 is 0.957 bits per heavy atom. The Morgan fingerprint density at radius 2 is 1.78 bits per heavy atom. The monoisotopic (exact) mass is 304 g/mol. The molecule has 3 aliphatic rings. The van der Waals surface area contributed by atoms with E-state index in [1.54, 1.807) is 6.07 Å². The average Bonchev–Trinajstić information content (AvgIpc) is 3.24. The molecule has 0 N–H and O–H groups in total. The number of fused-ring (bicyclic) bond motifs is 4. The van der Waals surface area contributed by atoms with E-state index in [0.717, 1.165) is 36.0 Å². The lowest BCUT2D eigenvalue weighted by atomic mass is 9.91. The first-order valence-electron chi connectivity index (χ1n) is 8.22. The topological polar surface area (TPSA) is 43.4 Å². The summed E-state index contributed by atoms with van der Waals surface area (Å²) in [4.78, 5) is 25.1. The summed E-state index contributed by atoms with van der Waals surface area (Å²) in [5.74, 6) is -0.419. The van der Waals surface area contributed by atoms with Crippen molar-refractivity contribution in [1.82, 2.24) is 0 Å². The van der Waals surface area contributed by atoms with Gasteiger partial charge in [0, 0.05) is 11.1 Å². The van der Waals surface area contributed by atoms with Crippen LogP contribution in [0.4, 0.5) is 0 Å². The molecule has 0 aromatic heterocycles. The van der Waals surface area contributed by atoms with Crippen LogP contribution in [-0.4, -0.2) is 11.8 Å². The lowest BCUT2D eigenvalue weighted by Gasteiger charge is -2.17. The average molecular weight is 304 g/mol. The zero-order chi connectivity index (χ0) is 15.6. The second kappa shape index (κ2) is 4.54. The van der Waals surface area contributed by atoms with Gasteiger partial charge in [-0.25, -0.2) is 4.79 Å². The molecule has 0 bridgehead atoms. The zero-order valence-corrected chi connectivity index (χ0v) is 12.7. The number of aryl methyl sites for hydroxylation is 1. The Balaban J connectivity index is 1.58. The van der Waals surface area contributed by atoms with Crippen LogP contribution < -0.4 is 0 Å². The van der Waals surface area contributed by atoms with E-state index in [2.05, 4.69) is 12.1 Å². The summed E-state index contributed by atoms with van der Waals surface area (Å²) < 4.78 is 5.58. The maximum Gasteiger partial charge on any atom is 0.339 e. The fraction of sp³-hybridized carbons (Fsp3) is 0.300. The lowest BCUT2D eigenvalue weighted by Crippen LogP contribution is -2.19. The predicted octanol–water partition coefficient (Wildman–Crippen LogP) is 3.44. The van der Waals surface area contributed by atoms with E-state index in [0.29, 0.717) is 12.0 Å². The summed E-state index contributed by atoms with van der Waals surface area (Å²) in [5, 5.41) is 0. The Labute approximate surface area is 134 Å². The molecule has 0 saturated carbocycles. The van der Waals surface area contributed by atoms with Gasteiger partial charge in [0.15, 0.2) is 5.78 Å². The molecule has 2 aliphatic carbocycles. The van der Waals surface area contributed by atoms with Crippen LogP contribution in [-0.2, 0) is 24.0 Å². The first-order chi connectivity index (χ1) is 11.2. The molecule has 0 spiro atoms. The van der Waals surface area contributed by atoms with Gasteiger partial charge in [0.1, 0.15) is 6.10 Å². The third-order valence-corrected chi connectivity index (χ3v) is 5.48. The number of rotatable bonds is 1. The smallest absolute Gasteiger partial charge is 0.339 e. The van der Waals surface area contributed by atoms with Gasteiger partial charge in [-0.2, -0.15) is 0 Å². The highest BCUT2D eigenvalue weighted by atomic mass is 16.5. The van der Waals surface area contributed by atoms with Crippen LogP contribution in [0.5, 0.6) is 0 Å². The minimum absolute atomic E-state index is 0.160. The number of esters is 1. The second-order valence-electron chi connectivity index (χ2n) is 6.68. The maximum atomic E-state index is 13.1. The highest BCUT2D eigenvalue weighted by Crippen LogP contribution is 2.44. The van der Waals surface area contributed by atoms with Crippen molar-refractivity contribution in [3.8, 4) is 0 Å². The molecule has 23 heavy (non-hydrogen) atoms. The van der Waals surface area contributed by atoms with Crippen LogP contribution in [0.1, 0.15) is 55.5 Å². The van der Waals surface area contributed by atoms with Gasteiger partial charge in [-0.3, -0.25) is 4.79 Å². The van der Waals surface area contributed by atoms with E-state index in [1.165, 1.54) is 11.1 Å². The van der Waals surface area contributed by atoms with Gasteiger partial charge in [0.25, 0.3) is 0 Å². The molecule has 0 amide bonds. The molecular formula is C20H16O3. The molecular weight excluding hydrogens is 288 g/mol. The third-order valence-electron chi connectivity index (χ3n) is 5.48. The third kappa shape index (κ3) is 1.70. The zero-order valence-electron chi connectivity index (χ0n) is 12.7. The quantitative estimate of drug-likeness (QED) is 0.758. The number of ether oxygens (including phenoxy) is 1. The number of carbonyl (C=O) groups is 2. The Bertz CT molecular complexity index is 865. The molecule has 2 atom stereocenters. The van der Waals surface area contributed by atoms with Gasteiger partial charge in [0.2, 0.25) is 0 Å². The minimum Gasteiger partial charge on any atom is -0.453 e. The van der Waals surface area contributed by atoms with E-state index >= 15 is 0 Å². The minimum atomic E-state index is -0.435. The molecule has 1 aliphatic heterocycles. The largest absolute Gasteiger partial charge is 0.453 e. The number of benzene rings is 2. The number of Topliss-reactive ketones (excluding diaryl/α,β-unsaturated/α-hetero) is 1. The predicted molar refractivity (Wildman–Crippen MR) is 84.6 cm³/mol. The van der Waals surface area contributed by atoms with Crippen molar-refractivity contribution in [1.29, 1.82) is 0 Å². The Hall–Kier alpha value is -2.42. The van der Waals surface area contributed by atoms with Crippen molar-refractivity contribution in [2.75, 3.05) is 0 Å². The second-order valence-corrected chi connectivity index (χ2v) is 6.68. The van der Waals surface area contributed by atoms with Crippen LogP contribution in [0.15, 0.2) is 36.4 Å². The Morgan fingerprint density at radius 3 is 2.70 bits per heavy atom. The molecule has 114 valence electrons. The van der Waals surface area contributed by atoms with Crippen LogP contribution >= 0.6 is 0 Å². The van der Waals surface area contributed by atoms with Gasteiger partial charge in [-0.05, 0) is 48.4 Å². The van der Waals surface area contributed by atoms with Crippen LogP contribution in [0.25, 0.3) is 0 Å². The van der Waals surface area contributed by atoms with E-state index in [9.17, 15) is 9.59 Å². The first kappa shape index (κ1) is 13.1. The molecule has 0 saturated heterocycles. The van der Waals surface area contributed by atoms with Crippen molar-refractivity contribution in [3.05, 3.63) is 69.8 Å². The molecule has 3 nitrogen and oxygen atoms in total. The highest BCUT2D eigenvalue weighted by Gasteiger charge is 2.45. The summed E-state index contributed by atoms with van der Waals surface area (Å²) in [6.07, 6.45) is 3.44. The van der Waals surface area contributed by atoms with E-state index in [1.807, 2.05) is 18.2 Å². The summed E-state index contributed by atoms with van der Waals surface area (Å²) >= 11 is 0. The van der Waals surface area contributed by atoms with Gasteiger partial charge < -0.3 is 4.74 Å². The maximum absolute atomic E-state index is 13.1. The fourth-order valence-corrected chi connectivity index (χ4v) is 4.42. The molecule has 0 unspecified atom stereocenters. The molecule has 2 aromatic carbocycles. The molecule has 0 fully saturated rings. The highest BCUT2D eigenvalue weighted by molar-refractivity contribution is 6.05. The van der Waals surface area contributed by atoms with Crippen molar-refractivity contribution >= 4 is 11.8 Å². The molecule has 1 heterocycles. The fourth-order valence-electron chi connectivity index (χ4n) is 4.42. The van der Waals surface area contributed by atoms with Gasteiger partial charge in [-0.15, -0.1) is 0 Å². The number of hydrogen-bond acceptors (Lipinski definition) is 3.